The number of alkyl halides is 1. The number of hydrogen-bond acceptors (Lipinski definition) is 4. The minimum Gasteiger partial charge on any atom is -0.480 e. The van der Waals surface area contributed by atoms with Crippen LogP contribution in [0.3, 0.4) is 0 Å². The highest BCUT2D eigenvalue weighted by atomic mass is 19.1. The van der Waals surface area contributed by atoms with Gasteiger partial charge in [-0.1, -0.05) is 0 Å². The maximum Gasteiger partial charge on any atom is 0.323 e. The van der Waals surface area contributed by atoms with Crippen LogP contribution in [0.4, 0.5) is 4.39 Å². The highest BCUT2D eigenvalue weighted by Crippen LogP contribution is 2.06. The van der Waals surface area contributed by atoms with E-state index in [0.717, 1.165) is 0 Å². The summed E-state index contributed by atoms with van der Waals surface area (Å²) in [6.07, 6.45) is 0. The van der Waals surface area contributed by atoms with Gasteiger partial charge in [-0.05, 0) is 20.8 Å². The van der Waals surface area contributed by atoms with E-state index >= 15 is 0 Å². The van der Waals surface area contributed by atoms with Gasteiger partial charge in [-0.15, -0.1) is 0 Å². The Morgan fingerprint density at radius 2 is 2.00 bits per heavy atom. The highest BCUT2D eigenvalue weighted by Gasteiger charge is 2.20. The monoisotopic (exact) mass is 221 g/mol. The van der Waals surface area contributed by atoms with Crippen LogP contribution in [0.1, 0.15) is 20.8 Å². The van der Waals surface area contributed by atoms with Crippen LogP contribution in [0.15, 0.2) is 0 Å². The number of ether oxygens (including phenoxy) is 1. The predicted molar refractivity (Wildman–Crippen MR) is 51.2 cm³/mol. The number of rotatable bonds is 5. The zero-order valence-electron chi connectivity index (χ0n) is 9.04. The summed E-state index contributed by atoms with van der Waals surface area (Å²) in [6, 6.07) is -1.36. The van der Waals surface area contributed by atoms with Gasteiger partial charge in [0, 0.05) is 0 Å². The lowest BCUT2D eigenvalue weighted by molar-refractivity contribution is -0.154. The Balaban J connectivity index is 3.94. The van der Waals surface area contributed by atoms with E-state index in [2.05, 4.69) is 5.32 Å². The van der Waals surface area contributed by atoms with Gasteiger partial charge in [0.2, 0.25) is 0 Å². The van der Waals surface area contributed by atoms with Crippen molar-refractivity contribution in [1.82, 2.24) is 5.32 Å². The van der Waals surface area contributed by atoms with Crippen molar-refractivity contribution in [2.45, 2.75) is 32.4 Å². The molecule has 6 heteroatoms. The summed E-state index contributed by atoms with van der Waals surface area (Å²) in [4.78, 5) is 21.5. The van der Waals surface area contributed by atoms with Crippen LogP contribution in [0.2, 0.25) is 0 Å². The Morgan fingerprint density at radius 3 is 2.33 bits per heavy atom. The van der Waals surface area contributed by atoms with E-state index < -0.39 is 30.3 Å². The summed E-state index contributed by atoms with van der Waals surface area (Å²) in [6.45, 7) is 3.68. The first-order valence-electron chi connectivity index (χ1n) is 4.50. The fourth-order valence-electron chi connectivity index (χ4n) is 0.792. The first kappa shape index (κ1) is 13.8. The van der Waals surface area contributed by atoms with E-state index in [1.807, 2.05) is 0 Å². The SMILES string of the molecule is CC(C)(C)OC(=O)CN[C@H](CF)C(=O)O. The molecule has 88 valence electrons. The highest BCUT2D eigenvalue weighted by molar-refractivity contribution is 5.76. The van der Waals surface area contributed by atoms with Crippen LogP contribution in [0.5, 0.6) is 0 Å². The number of esters is 1. The standard InChI is InChI=1S/C9H16FNO4/c1-9(2,3)15-7(12)5-11-6(4-10)8(13)14/h6,11H,4-5H2,1-3H3,(H,13,14)/t6-/m1/s1. The van der Waals surface area contributed by atoms with E-state index in [9.17, 15) is 14.0 Å². The maximum atomic E-state index is 12.1. The number of carbonyl (C=O) groups excluding carboxylic acids is 1. The van der Waals surface area contributed by atoms with Crippen molar-refractivity contribution in [3.63, 3.8) is 0 Å². The number of nitrogens with one attached hydrogen (secondary N) is 1. The van der Waals surface area contributed by atoms with Crippen LogP contribution < -0.4 is 5.32 Å². The molecule has 0 aromatic rings. The summed E-state index contributed by atoms with van der Waals surface area (Å²) >= 11 is 0. The molecule has 0 aliphatic rings. The second-order valence-corrected chi connectivity index (χ2v) is 4.01. The molecule has 0 rings (SSSR count). The van der Waals surface area contributed by atoms with Crippen molar-refractivity contribution in [2.75, 3.05) is 13.2 Å². The summed E-state index contributed by atoms with van der Waals surface area (Å²) in [5.41, 5.74) is -0.632. The normalized spacial score (nSPS) is 13.3. The minimum absolute atomic E-state index is 0.321. The van der Waals surface area contributed by atoms with Gasteiger partial charge in [0.05, 0.1) is 6.54 Å². The van der Waals surface area contributed by atoms with Crippen molar-refractivity contribution >= 4 is 11.9 Å². The lowest BCUT2D eigenvalue weighted by Crippen LogP contribution is -2.42. The topological polar surface area (TPSA) is 75.6 Å². The molecule has 0 amide bonds. The van der Waals surface area contributed by atoms with Gasteiger partial charge in [0.1, 0.15) is 18.3 Å². The first-order chi connectivity index (χ1) is 6.76. The van der Waals surface area contributed by atoms with E-state index in [0.29, 0.717) is 0 Å². The molecule has 0 unspecified atom stereocenters. The van der Waals surface area contributed by atoms with Gasteiger partial charge >= 0.3 is 11.9 Å². The third-order valence-corrected chi connectivity index (χ3v) is 1.37. The summed E-state index contributed by atoms with van der Waals surface area (Å²) in [5.74, 6) is -1.94. The Hall–Kier alpha value is -1.17. The van der Waals surface area contributed by atoms with Crippen molar-refractivity contribution in [3.8, 4) is 0 Å². The summed E-state index contributed by atoms with van der Waals surface area (Å²) < 4.78 is 17.0. The van der Waals surface area contributed by atoms with Crippen LogP contribution in [0, 0.1) is 0 Å². The average Bonchev–Trinajstić information content (AvgIpc) is 2.01. The third kappa shape index (κ3) is 6.84. The molecule has 0 bridgehead atoms. The number of aliphatic carboxylic acids is 1. The molecule has 0 aromatic carbocycles. The largest absolute Gasteiger partial charge is 0.480 e. The molecule has 0 aromatic heterocycles. The maximum absolute atomic E-state index is 12.1. The molecule has 0 heterocycles. The third-order valence-electron chi connectivity index (χ3n) is 1.37. The van der Waals surface area contributed by atoms with Crippen molar-refractivity contribution in [3.05, 3.63) is 0 Å². The molecule has 0 fully saturated rings. The zero-order chi connectivity index (χ0) is 12.1. The Morgan fingerprint density at radius 1 is 1.47 bits per heavy atom. The minimum atomic E-state index is -1.36. The Labute approximate surface area is 87.6 Å². The second-order valence-electron chi connectivity index (χ2n) is 4.01. The smallest absolute Gasteiger partial charge is 0.323 e. The van der Waals surface area contributed by atoms with Crippen LogP contribution in [-0.2, 0) is 14.3 Å². The van der Waals surface area contributed by atoms with Gasteiger partial charge < -0.3 is 9.84 Å². The number of carbonyl (C=O) groups is 2. The lowest BCUT2D eigenvalue weighted by atomic mass is 10.2. The molecule has 15 heavy (non-hydrogen) atoms. The predicted octanol–water partition coefficient (Wildman–Crippen LogP) is 0.340. The first-order valence-corrected chi connectivity index (χ1v) is 4.50. The van der Waals surface area contributed by atoms with Gasteiger partial charge in [0.25, 0.3) is 0 Å². The zero-order valence-corrected chi connectivity index (χ0v) is 9.04. The van der Waals surface area contributed by atoms with E-state index in [1.54, 1.807) is 20.8 Å². The average molecular weight is 221 g/mol. The van der Waals surface area contributed by atoms with Gasteiger partial charge in [0.15, 0.2) is 0 Å². The molecule has 0 aliphatic carbocycles. The number of halogens is 1. The van der Waals surface area contributed by atoms with Crippen LogP contribution in [-0.4, -0.2) is 41.9 Å². The Kier molecular flexibility index (Phi) is 5.21. The molecule has 5 nitrogen and oxygen atoms in total. The van der Waals surface area contributed by atoms with E-state index in [4.69, 9.17) is 9.84 Å². The molecule has 2 N–H and O–H groups in total. The molecule has 0 saturated carbocycles. The molecule has 0 spiro atoms. The van der Waals surface area contributed by atoms with E-state index in [1.165, 1.54) is 0 Å². The van der Waals surface area contributed by atoms with Crippen LogP contribution >= 0.6 is 0 Å². The lowest BCUT2D eigenvalue weighted by Gasteiger charge is -2.20. The van der Waals surface area contributed by atoms with Crippen molar-refractivity contribution in [2.24, 2.45) is 0 Å². The summed E-state index contributed by atoms with van der Waals surface area (Å²) in [5, 5.41) is 10.7. The summed E-state index contributed by atoms with van der Waals surface area (Å²) in [7, 11) is 0. The molecule has 0 radical (unpaired) electrons. The van der Waals surface area contributed by atoms with Crippen LogP contribution in [0.25, 0.3) is 0 Å². The van der Waals surface area contributed by atoms with Gasteiger partial charge in [-0.2, -0.15) is 0 Å². The van der Waals surface area contributed by atoms with E-state index in [-0.39, 0.29) is 6.54 Å². The molecule has 0 aliphatic heterocycles. The molecular weight excluding hydrogens is 205 g/mol. The molecule has 0 saturated heterocycles. The number of carboxylic acid groups (broad SMARTS) is 1. The van der Waals surface area contributed by atoms with Gasteiger partial charge in [-0.25, -0.2) is 4.39 Å². The van der Waals surface area contributed by atoms with Crippen molar-refractivity contribution < 1.29 is 23.8 Å². The quantitative estimate of drug-likeness (QED) is 0.655. The Bertz CT molecular complexity index is 237. The number of hydrogen-bond donors (Lipinski definition) is 2. The fraction of sp³-hybridized carbons (Fsp3) is 0.778. The number of carboxylic acids is 1. The molecular formula is C9H16FNO4. The van der Waals surface area contributed by atoms with Crippen molar-refractivity contribution in [1.29, 1.82) is 0 Å². The molecule has 1 atom stereocenters. The second kappa shape index (κ2) is 5.65. The fourth-order valence-corrected chi connectivity index (χ4v) is 0.792. The van der Waals surface area contributed by atoms with Gasteiger partial charge in [-0.3, -0.25) is 14.9 Å².